The molecule has 2 rings (SSSR count). The van der Waals surface area contributed by atoms with Crippen molar-refractivity contribution in [1.29, 1.82) is 0 Å². The molecular formula is C9H15NO2. The summed E-state index contributed by atoms with van der Waals surface area (Å²) in [5, 5.41) is 12.2. The van der Waals surface area contributed by atoms with E-state index < -0.39 is 0 Å². The Hall–Kier alpha value is -0.570. The lowest BCUT2D eigenvalue weighted by molar-refractivity contribution is -0.125. The zero-order valence-electron chi connectivity index (χ0n) is 7.12. The fourth-order valence-corrected chi connectivity index (χ4v) is 1.74. The van der Waals surface area contributed by atoms with Crippen LogP contribution in [0.2, 0.25) is 0 Å². The summed E-state index contributed by atoms with van der Waals surface area (Å²) < 4.78 is 0. The molecule has 0 aromatic rings. The van der Waals surface area contributed by atoms with Crippen LogP contribution in [-0.2, 0) is 4.79 Å². The second-order valence-corrected chi connectivity index (χ2v) is 3.95. The summed E-state index contributed by atoms with van der Waals surface area (Å²) in [4.78, 5) is 11.4. The molecule has 0 spiro atoms. The lowest BCUT2D eigenvalue weighted by atomic mass is 10.1. The van der Waals surface area contributed by atoms with E-state index in [-0.39, 0.29) is 17.9 Å². The van der Waals surface area contributed by atoms with Crippen molar-refractivity contribution in [2.24, 2.45) is 5.92 Å². The summed E-state index contributed by atoms with van der Waals surface area (Å²) >= 11 is 0. The van der Waals surface area contributed by atoms with Crippen LogP contribution in [0.5, 0.6) is 0 Å². The van der Waals surface area contributed by atoms with Gasteiger partial charge in [0.1, 0.15) is 0 Å². The van der Waals surface area contributed by atoms with Crippen molar-refractivity contribution in [3.63, 3.8) is 0 Å². The van der Waals surface area contributed by atoms with Crippen LogP contribution >= 0.6 is 0 Å². The average molecular weight is 169 g/mol. The first-order valence-electron chi connectivity index (χ1n) is 4.74. The van der Waals surface area contributed by atoms with Crippen molar-refractivity contribution in [2.45, 2.75) is 44.2 Å². The van der Waals surface area contributed by atoms with Gasteiger partial charge in [-0.05, 0) is 32.1 Å². The Bertz CT molecular complexity index is 189. The standard InChI is InChI=1S/C9H15NO2/c11-8-4-1-6(5-8)9(12)10-7-2-3-7/h6-8,11H,1-5H2,(H,10,12). The van der Waals surface area contributed by atoms with Crippen LogP contribution in [0.4, 0.5) is 0 Å². The fourth-order valence-electron chi connectivity index (χ4n) is 1.74. The molecular weight excluding hydrogens is 154 g/mol. The maximum absolute atomic E-state index is 11.4. The van der Waals surface area contributed by atoms with Crippen molar-refractivity contribution < 1.29 is 9.90 Å². The van der Waals surface area contributed by atoms with E-state index >= 15 is 0 Å². The van der Waals surface area contributed by atoms with Crippen LogP contribution in [0.1, 0.15) is 32.1 Å². The maximum Gasteiger partial charge on any atom is 0.223 e. The summed E-state index contributed by atoms with van der Waals surface area (Å²) in [6, 6.07) is 0.454. The molecule has 2 atom stereocenters. The zero-order chi connectivity index (χ0) is 8.55. The molecule has 2 aliphatic carbocycles. The third kappa shape index (κ3) is 1.78. The molecule has 1 amide bonds. The summed E-state index contributed by atoms with van der Waals surface area (Å²) in [5.74, 6) is 0.245. The molecule has 2 fully saturated rings. The molecule has 0 aromatic carbocycles. The Balaban J connectivity index is 1.79. The largest absolute Gasteiger partial charge is 0.393 e. The number of aliphatic hydroxyl groups is 1. The van der Waals surface area contributed by atoms with E-state index in [1.54, 1.807) is 0 Å². The molecule has 0 aromatic heterocycles. The topological polar surface area (TPSA) is 49.3 Å². The average Bonchev–Trinajstić information content (AvgIpc) is 2.72. The minimum atomic E-state index is -0.236. The number of hydrogen-bond acceptors (Lipinski definition) is 2. The highest BCUT2D eigenvalue weighted by Gasteiger charge is 2.32. The van der Waals surface area contributed by atoms with E-state index in [0.29, 0.717) is 12.5 Å². The van der Waals surface area contributed by atoms with Crippen molar-refractivity contribution in [3.8, 4) is 0 Å². The van der Waals surface area contributed by atoms with Crippen molar-refractivity contribution in [3.05, 3.63) is 0 Å². The number of carbonyl (C=O) groups is 1. The molecule has 3 heteroatoms. The van der Waals surface area contributed by atoms with Crippen LogP contribution in [0.15, 0.2) is 0 Å². The first-order valence-corrected chi connectivity index (χ1v) is 4.74. The third-order valence-corrected chi connectivity index (χ3v) is 2.70. The van der Waals surface area contributed by atoms with E-state index in [0.717, 1.165) is 25.7 Å². The van der Waals surface area contributed by atoms with Gasteiger partial charge < -0.3 is 10.4 Å². The van der Waals surface area contributed by atoms with Crippen molar-refractivity contribution in [2.75, 3.05) is 0 Å². The lowest BCUT2D eigenvalue weighted by Gasteiger charge is -2.08. The predicted molar refractivity (Wildman–Crippen MR) is 44.5 cm³/mol. The normalized spacial score (nSPS) is 35.1. The van der Waals surface area contributed by atoms with E-state index in [2.05, 4.69) is 5.32 Å². The van der Waals surface area contributed by atoms with Gasteiger partial charge in [-0.1, -0.05) is 0 Å². The summed E-state index contributed by atoms with van der Waals surface area (Å²) in [6.07, 6.45) is 4.36. The van der Waals surface area contributed by atoms with Crippen LogP contribution in [-0.4, -0.2) is 23.2 Å². The highest BCUT2D eigenvalue weighted by molar-refractivity contribution is 5.79. The smallest absolute Gasteiger partial charge is 0.223 e. The molecule has 12 heavy (non-hydrogen) atoms. The summed E-state index contributed by atoms with van der Waals surface area (Å²) in [5.41, 5.74) is 0. The molecule has 2 unspecified atom stereocenters. The molecule has 0 heterocycles. The first kappa shape index (κ1) is 8.05. The minimum absolute atomic E-state index is 0.0839. The van der Waals surface area contributed by atoms with Gasteiger partial charge in [0.25, 0.3) is 0 Å². The third-order valence-electron chi connectivity index (χ3n) is 2.70. The van der Waals surface area contributed by atoms with Gasteiger partial charge in [-0.3, -0.25) is 4.79 Å². The van der Waals surface area contributed by atoms with E-state index in [1.165, 1.54) is 0 Å². The van der Waals surface area contributed by atoms with Gasteiger partial charge >= 0.3 is 0 Å². The Kier molecular flexibility index (Phi) is 2.05. The summed E-state index contributed by atoms with van der Waals surface area (Å²) in [6.45, 7) is 0. The van der Waals surface area contributed by atoms with E-state index in [4.69, 9.17) is 0 Å². The number of nitrogens with one attached hydrogen (secondary N) is 1. The molecule has 0 saturated heterocycles. The minimum Gasteiger partial charge on any atom is -0.393 e. The second kappa shape index (κ2) is 3.05. The van der Waals surface area contributed by atoms with Gasteiger partial charge in [-0.2, -0.15) is 0 Å². The van der Waals surface area contributed by atoms with E-state index in [9.17, 15) is 9.90 Å². The Labute approximate surface area is 72.2 Å². The van der Waals surface area contributed by atoms with Crippen molar-refractivity contribution >= 4 is 5.91 Å². The van der Waals surface area contributed by atoms with Crippen LogP contribution in [0.25, 0.3) is 0 Å². The molecule has 3 nitrogen and oxygen atoms in total. The quantitative estimate of drug-likeness (QED) is 0.629. The molecule has 68 valence electrons. The van der Waals surface area contributed by atoms with Gasteiger partial charge in [0.2, 0.25) is 5.91 Å². The van der Waals surface area contributed by atoms with Gasteiger partial charge in [0, 0.05) is 12.0 Å². The molecule has 2 saturated carbocycles. The highest BCUT2D eigenvalue weighted by atomic mass is 16.3. The van der Waals surface area contributed by atoms with Gasteiger partial charge in [0.05, 0.1) is 6.10 Å². The molecule has 2 N–H and O–H groups in total. The highest BCUT2D eigenvalue weighted by Crippen LogP contribution is 2.27. The first-order chi connectivity index (χ1) is 5.75. The second-order valence-electron chi connectivity index (χ2n) is 3.95. The SMILES string of the molecule is O=C(NC1CC1)C1CCC(O)C1. The number of carbonyl (C=O) groups excluding carboxylic acids is 1. The van der Waals surface area contributed by atoms with Gasteiger partial charge in [-0.25, -0.2) is 0 Å². The summed E-state index contributed by atoms with van der Waals surface area (Å²) in [7, 11) is 0. The van der Waals surface area contributed by atoms with Crippen LogP contribution < -0.4 is 5.32 Å². The molecule has 0 radical (unpaired) electrons. The van der Waals surface area contributed by atoms with Crippen LogP contribution in [0, 0.1) is 5.92 Å². The Morgan fingerprint density at radius 1 is 1.25 bits per heavy atom. The number of hydrogen-bond donors (Lipinski definition) is 2. The monoisotopic (exact) mass is 169 g/mol. The Morgan fingerprint density at radius 3 is 2.50 bits per heavy atom. The zero-order valence-corrected chi connectivity index (χ0v) is 7.12. The molecule has 0 bridgehead atoms. The maximum atomic E-state index is 11.4. The van der Waals surface area contributed by atoms with E-state index in [1.807, 2.05) is 0 Å². The fraction of sp³-hybridized carbons (Fsp3) is 0.889. The molecule has 2 aliphatic rings. The van der Waals surface area contributed by atoms with Gasteiger partial charge in [-0.15, -0.1) is 0 Å². The Morgan fingerprint density at radius 2 is 2.00 bits per heavy atom. The van der Waals surface area contributed by atoms with Crippen LogP contribution in [0.3, 0.4) is 0 Å². The predicted octanol–water partition coefficient (Wildman–Crippen LogP) is 0.426. The number of amides is 1. The number of rotatable bonds is 2. The van der Waals surface area contributed by atoms with Gasteiger partial charge in [0.15, 0.2) is 0 Å². The van der Waals surface area contributed by atoms with Crippen molar-refractivity contribution in [1.82, 2.24) is 5.32 Å². The number of aliphatic hydroxyl groups excluding tert-OH is 1. The lowest BCUT2D eigenvalue weighted by Crippen LogP contribution is -2.31. The molecule has 0 aliphatic heterocycles.